The van der Waals surface area contributed by atoms with Gasteiger partial charge < -0.3 is 16.4 Å². The Morgan fingerprint density at radius 2 is 1.83 bits per heavy atom. The Morgan fingerprint density at radius 3 is 2.44 bits per heavy atom. The van der Waals surface area contributed by atoms with Crippen LogP contribution in [0.1, 0.15) is 18.3 Å². The number of aryl methyl sites for hydroxylation is 1. The van der Waals surface area contributed by atoms with Gasteiger partial charge in [0.25, 0.3) is 0 Å². The van der Waals surface area contributed by atoms with Crippen molar-refractivity contribution in [3.05, 3.63) is 42.0 Å². The van der Waals surface area contributed by atoms with Crippen LogP contribution in [0, 0.1) is 6.92 Å². The first-order valence-corrected chi connectivity index (χ1v) is 13.1. The number of nitrogen functional groups attached to an aromatic ring is 1. The maximum Gasteiger partial charge on any atom is 0.223 e. The number of aromatic nitrogens is 5. The summed E-state index contributed by atoms with van der Waals surface area (Å²) in [5.74, 6) is 1.69. The summed E-state index contributed by atoms with van der Waals surface area (Å²) >= 11 is 0. The zero-order valence-electron chi connectivity index (χ0n) is 20.3. The van der Waals surface area contributed by atoms with Gasteiger partial charge in [-0.25, -0.2) is 23.4 Å². The molecule has 0 bridgehead atoms. The predicted molar refractivity (Wildman–Crippen MR) is 136 cm³/mol. The molecule has 1 aliphatic heterocycles. The van der Waals surface area contributed by atoms with E-state index in [1.807, 2.05) is 6.07 Å². The summed E-state index contributed by atoms with van der Waals surface area (Å²) in [6, 6.07) is 5.39. The molecule has 0 saturated carbocycles. The van der Waals surface area contributed by atoms with Gasteiger partial charge in [-0.3, -0.25) is 9.69 Å². The number of hydrogen-bond donors (Lipinski definition) is 3. The average Bonchev–Trinajstić information content (AvgIpc) is 2.80. The van der Waals surface area contributed by atoms with E-state index < -0.39 is 10.0 Å². The summed E-state index contributed by atoms with van der Waals surface area (Å²) in [7, 11) is -3.19. The van der Waals surface area contributed by atoms with Crippen molar-refractivity contribution in [2.45, 2.75) is 20.4 Å². The second kappa shape index (κ2) is 10.5. The Kier molecular flexibility index (Phi) is 7.37. The van der Waals surface area contributed by atoms with E-state index in [1.54, 1.807) is 31.5 Å². The van der Waals surface area contributed by atoms with Gasteiger partial charge in [-0.05, 0) is 30.7 Å². The highest BCUT2D eigenvalue weighted by Crippen LogP contribution is 2.28. The van der Waals surface area contributed by atoms with Gasteiger partial charge in [0.1, 0.15) is 17.5 Å². The average molecular weight is 513 g/mol. The van der Waals surface area contributed by atoms with E-state index in [0.29, 0.717) is 67.3 Å². The molecule has 13 nitrogen and oxygen atoms in total. The molecule has 0 aliphatic carbocycles. The van der Waals surface area contributed by atoms with Crippen molar-refractivity contribution in [1.29, 1.82) is 0 Å². The number of piperazine rings is 1. The normalized spacial score (nSPS) is 15.0. The van der Waals surface area contributed by atoms with Crippen LogP contribution in [0.5, 0.6) is 0 Å². The van der Waals surface area contributed by atoms with Crippen LogP contribution < -0.4 is 16.4 Å². The molecule has 3 aromatic heterocycles. The first kappa shape index (κ1) is 25.3. The van der Waals surface area contributed by atoms with E-state index in [4.69, 9.17) is 5.73 Å². The van der Waals surface area contributed by atoms with Crippen LogP contribution in [0.2, 0.25) is 0 Å². The molecule has 1 amide bonds. The van der Waals surface area contributed by atoms with Crippen LogP contribution in [0.4, 0.5) is 23.3 Å². The first-order valence-electron chi connectivity index (χ1n) is 11.2. The quantitative estimate of drug-likeness (QED) is 0.412. The summed E-state index contributed by atoms with van der Waals surface area (Å²) in [6.45, 7) is 5.87. The fraction of sp³-hybridized carbons (Fsp3) is 0.364. The third kappa shape index (κ3) is 6.47. The van der Waals surface area contributed by atoms with Crippen molar-refractivity contribution in [2.24, 2.45) is 0 Å². The van der Waals surface area contributed by atoms with Crippen molar-refractivity contribution < 1.29 is 13.2 Å². The minimum Gasteiger partial charge on any atom is -0.368 e. The van der Waals surface area contributed by atoms with Gasteiger partial charge >= 0.3 is 0 Å². The lowest BCUT2D eigenvalue weighted by atomic mass is 10.1. The maximum absolute atomic E-state index is 11.8. The second-order valence-corrected chi connectivity index (χ2v) is 10.5. The molecule has 0 aromatic carbocycles. The monoisotopic (exact) mass is 512 g/mol. The van der Waals surface area contributed by atoms with Crippen LogP contribution in [0.15, 0.2) is 30.6 Å². The molecular formula is C22H28N10O3S. The molecule has 1 aliphatic rings. The molecule has 36 heavy (non-hydrogen) atoms. The van der Waals surface area contributed by atoms with Crippen LogP contribution in [0.3, 0.4) is 0 Å². The molecule has 0 radical (unpaired) electrons. The van der Waals surface area contributed by atoms with E-state index in [1.165, 1.54) is 17.5 Å². The van der Waals surface area contributed by atoms with Crippen molar-refractivity contribution in [2.75, 3.05) is 48.8 Å². The number of pyridine rings is 2. The van der Waals surface area contributed by atoms with Gasteiger partial charge in [-0.15, -0.1) is 0 Å². The lowest BCUT2D eigenvalue weighted by molar-refractivity contribution is -0.114. The van der Waals surface area contributed by atoms with Crippen molar-refractivity contribution >= 4 is 39.2 Å². The maximum atomic E-state index is 11.8. The Morgan fingerprint density at radius 1 is 1.08 bits per heavy atom. The smallest absolute Gasteiger partial charge is 0.223 e. The van der Waals surface area contributed by atoms with E-state index in [0.717, 1.165) is 5.56 Å². The molecule has 0 atom stereocenters. The van der Waals surface area contributed by atoms with Crippen LogP contribution >= 0.6 is 0 Å². The molecule has 1 fully saturated rings. The Labute approximate surface area is 209 Å². The summed E-state index contributed by atoms with van der Waals surface area (Å²) in [5.41, 5.74) is 8.08. The van der Waals surface area contributed by atoms with E-state index >= 15 is 0 Å². The SMILES string of the molecule is CC(=O)Nc1ccc(Nc2ncc(CN3CCN(S(C)(=O)=O)CC3)cc2-c2nc(C)nc(N)n2)cn1. The predicted octanol–water partition coefficient (Wildman–Crippen LogP) is 0.998. The van der Waals surface area contributed by atoms with Gasteiger partial charge in [-0.1, -0.05) is 0 Å². The van der Waals surface area contributed by atoms with E-state index in [-0.39, 0.29) is 11.9 Å². The highest BCUT2D eigenvalue weighted by molar-refractivity contribution is 7.88. The number of carbonyl (C=O) groups excluding carboxylic acids is 1. The third-order valence-corrected chi connectivity index (χ3v) is 6.79. The van der Waals surface area contributed by atoms with Gasteiger partial charge in [0, 0.05) is 45.8 Å². The zero-order chi connectivity index (χ0) is 25.9. The van der Waals surface area contributed by atoms with Crippen LogP contribution in [-0.2, 0) is 21.4 Å². The van der Waals surface area contributed by atoms with Crippen molar-refractivity contribution in [1.82, 2.24) is 34.1 Å². The zero-order valence-corrected chi connectivity index (χ0v) is 21.1. The molecule has 4 rings (SSSR count). The van der Waals surface area contributed by atoms with E-state index in [2.05, 4.69) is 40.5 Å². The molecule has 4 N–H and O–H groups in total. The van der Waals surface area contributed by atoms with Gasteiger partial charge in [-0.2, -0.15) is 14.3 Å². The third-order valence-electron chi connectivity index (χ3n) is 5.49. The van der Waals surface area contributed by atoms with Crippen LogP contribution in [-0.4, -0.2) is 80.9 Å². The molecule has 4 heterocycles. The highest BCUT2D eigenvalue weighted by atomic mass is 32.2. The number of sulfonamides is 1. The second-order valence-electron chi connectivity index (χ2n) is 8.48. The summed E-state index contributed by atoms with van der Waals surface area (Å²) in [5, 5.41) is 5.86. The fourth-order valence-electron chi connectivity index (χ4n) is 3.82. The first-order chi connectivity index (χ1) is 17.1. The lowest BCUT2D eigenvalue weighted by Gasteiger charge is -2.33. The number of nitrogens with one attached hydrogen (secondary N) is 2. The molecule has 0 unspecified atom stereocenters. The Bertz CT molecular complexity index is 1340. The Hall–Kier alpha value is -3.75. The topological polar surface area (TPSA) is 172 Å². The molecular weight excluding hydrogens is 484 g/mol. The number of amides is 1. The molecule has 3 aromatic rings. The molecule has 0 spiro atoms. The summed E-state index contributed by atoms with van der Waals surface area (Å²) < 4.78 is 25.1. The molecule has 190 valence electrons. The van der Waals surface area contributed by atoms with E-state index in [9.17, 15) is 13.2 Å². The number of anilines is 4. The van der Waals surface area contributed by atoms with Gasteiger partial charge in [0.2, 0.25) is 21.9 Å². The Balaban J connectivity index is 1.59. The summed E-state index contributed by atoms with van der Waals surface area (Å²) in [6.07, 6.45) is 4.57. The molecule has 14 heteroatoms. The number of carbonyl (C=O) groups is 1. The van der Waals surface area contributed by atoms with Crippen molar-refractivity contribution in [3.8, 4) is 11.4 Å². The number of nitrogens with zero attached hydrogens (tertiary/aromatic N) is 7. The number of nitrogens with two attached hydrogens (primary N) is 1. The van der Waals surface area contributed by atoms with Gasteiger partial charge in [0.05, 0.1) is 23.7 Å². The largest absolute Gasteiger partial charge is 0.368 e. The fourth-order valence-corrected chi connectivity index (χ4v) is 4.65. The molecule has 1 saturated heterocycles. The standard InChI is InChI=1S/C22H28N10O3S/c1-14-26-21(30-22(23)27-14)18-10-16(13-31-6-8-32(9-7-31)36(3,34)35)11-25-20(18)29-17-4-5-19(24-12-17)28-15(2)33/h4-5,10-12H,6-9,13H2,1-3H3,(H,25,29)(H,24,28,33)(H2,23,26,27,30). The van der Waals surface area contributed by atoms with Gasteiger partial charge in [0.15, 0.2) is 5.82 Å². The lowest BCUT2D eigenvalue weighted by Crippen LogP contribution is -2.47. The van der Waals surface area contributed by atoms with Crippen LogP contribution in [0.25, 0.3) is 11.4 Å². The number of hydrogen-bond acceptors (Lipinski definition) is 11. The number of rotatable bonds is 7. The minimum absolute atomic E-state index is 0.104. The van der Waals surface area contributed by atoms with Crippen molar-refractivity contribution in [3.63, 3.8) is 0 Å². The highest BCUT2D eigenvalue weighted by Gasteiger charge is 2.24. The minimum atomic E-state index is -3.19. The summed E-state index contributed by atoms with van der Waals surface area (Å²) in [4.78, 5) is 35.1.